The van der Waals surface area contributed by atoms with Crippen molar-refractivity contribution in [3.05, 3.63) is 60.2 Å². The van der Waals surface area contributed by atoms with Crippen LogP contribution in [0.5, 0.6) is 5.75 Å². The molecule has 1 aliphatic rings. The van der Waals surface area contributed by atoms with Gasteiger partial charge in [-0.2, -0.15) is 0 Å². The number of nitrogens with one attached hydrogen (secondary N) is 1. The van der Waals surface area contributed by atoms with Crippen molar-refractivity contribution in [1.82, 2.24) is 5.32 Å². The number of rotatable bonds is 12. The number of ether oxygens (including phenoxy) is 1. The van der Waals surface area contributed by atoms with Crippen LogP contribution in [-0.4, -0.2) is 40.6 Å². The van der Waals surface area contributed by atoms with Crippen molar-refractivity contribution < 1.29 is 24.5 Å². The molecule has 1 saturated carbocycles. The van der Waals surface area contributed by atoms with Crippen LogP contribution in [0.15, 0.2) is 59.5 Å². The van der Waals surface area contributed by atoms with Gasteiger partial charge in [-0.3, -0.25) is 9.59 Å². The highest BCUT2D eigenvalue weighted by Gasteiger charge is 2.51. The summed E-state index contributed by atoms with van der Waals surface area (Å²) in [6.07, 6.45) is 2.91. The lowest BCUT2D eigenvalue weighted by Gasteiger charge is -2.19. The van der Waals surface area contributed by atoms with Gasteiger partial charge >= 0.3 is 11.9 Å². The molecule has 0 amide bonds. The van der Waals surface area contributed by atoms with Gasteiger partial charge in [0.15, 0.2) is 5.41 Å². The Bertz CT molecular complexity index is 848. The minimum absolute atomic E-state index is 0. The summed E-state index contributed by atoms with van der Waals surface area (Å²) >= 11 is 1.86. The van der Waals surface area contributed by atoms with Crippen LogP contribution >= 0.6 is 24.2 Å². The molecule has 1 aliphatic carbocycles. The summed E-state index contributed by atoms with van der Waals surface area (Å²) in [5, 5.41) is 21.9. The van der Waals surface area contributed by atoms with Crippen LogP contribution in [-0.2, 0) is 16.1 Å². The Morgan fingerprint density at radius 1 is 1.03 bits per heavy atom. The number of benzene rings is 2. The van der Waals surface area contributed by atoms with Gasteiger partial charge in [-0.15, -0.1) is 24.2 Å². The van der Waals surface area contributed by atoms with E-state index >= 15 is 0 Å². The molecule has 2 aromatic carbocycles. The van der Waals surface area contributed by atoms with E-state index in [-0.39, 0.29) is 31.3 Å². The number of carboxylic acids is 2. The molecular formula is C24H30ClNO5S. The van der Waals surface area contributed by atoms with E-state index in [0.29, 0.717) is 19.6 Å². The van der Waals surface area contributed by atoms with Crippen molar-refractivity contribution in [1.29, 1.82) is 0 Å². The first-order chi connectivity index (χ1) is 15.0. The average Bonchev–Trinajstić information content (AvgIpc) is 3.22. The summed E-state index contributed by atoms with van der Waals surface area (Å²) in [6, 6.07) is 18.1. The fraction of sp³-hybridized carbons (Fsp3) is 0.417. The zero-order valence-electron chi connectivity index (χ0n) is 17.9. The Balaban J connectivity index is 0.00000363. The highest BCUT2D eigenvalue weighted by molar-refractivity contribution is 7.99. The minimum Gasteiger partial charge on any atom is -0.494 e. The van der Waals surface area contributed by atoms with Crippen molar-refractivity contribution in [2.24, 2.45) is 5.41 Å². The van der Waals surface area contributed by atoms with Gasteiger partial charge in [0.2, 0.25) is 0 Å². The fourth-order valence-corrected chi connectivity index (χ4v) is 4.70. The molecule has 0 aromatic heterocycles. The van der Waals surface area contributed by atoms with Gasteiger partial charge in [-0.05, 0) is 67.7 Å². The normalized spacial score (nSPS) is 16.8. The second-order valence-corrected chi connectivity index (χ2v) is 9.04. The molecule has 1 unspecified atom stereocenters. The van der Waals surface area contributed by atoms with Gasteiger partial charge < -0.3 is 20.3 Å². The third-order valence-corrected chi connectivity index (χ3v) is 6.77. The molecule has 3 rings (SSSR count). The lowest BCUT2D eigenvalue weighted by molar-refractivity contribution is -0.164. The second kappa shape index (κ2) is 12.7. The standard InChI is InChI=1S/C24H29NO5S.ClH/c26-22(27)24(23(28)29)13-12-19(16-24)25-17-18-8-10-20(11-9-18)30-14-4-5-15-31-21-6-2-1-3-7-21;/h1-3,6-11,19,25H,4-5,12-17H2,(H,26,27)(H,28,29);1H. The molecule has 174 valence electrons. The maximum Gasteiger partial charge on any atom is 0.321 e. The molecule has 0 spiro atoms. The topological polar surface area (TPSA) is 95.9 Å². The monoisotopic (exact) mass is 479 g/mol. The van der Waals surface area contributed by atoms with Gasteiger partial charge in [-0.1, -0.05) is 30.3 Å². The van der Waals surface area contributed by atoms with Crippen molar-refractivity contribution >= 4 is 36.1 Å². The van der Waals surface area contributed by atoms with Crippen molar-refractivity contribution in [3.8, 4) is 5.75 Å². The molecule has 1 fully saturated rings. The van der Waals surface area contributed by atoms with E-state index in [4.69, 9.17) is 4.74 Å². The summed E-state index contributed by atoms with van der Waals surface area (Å²) in [4.78, 5) is 24.1. The predicted octanol–water partition coefficient (Wildman–Crippen LogP) is 4.86. The third kappa shape index (κ3) is 7.15. The summed E-state index contributed by atoms with van der Waals surface area (Å²) in [5.41, 5.74) is -0.607. The molecule has 3 N–H and O–H groups in total. The van der Waals surface area contributed by atoms with Crippen LogP contribution in [0.2, 0.25) is 0 Å². The van der Waals surface area contributed by atoms with E-state index in [0.717, 1.165) is 29.9 Å². The van der Waals surface area contributed by atoms with E-state index < -0.39 is 17.4 Å². The molecule has 0 saturated heterocycles. The number of carboxylic acid groups (broad SMARTS) is 2. The van der Waals surface area contributed by atoms with E-state index in [2.05, 4.69) is 29.6 Å². The molecule has 8 heteroatoms. The Kier molecular flexibility index (Phi) is 10.4. The molecule has 1 atom stereocenters. The Hall–Kier alpha value is -2.22. The number of aliphatic carboxylic acids is 2. The van der Waals surface area contributed by atoms with Crippen LogP contribution in [0.25, 0.3) is 0 Å². The molecule has 0 heterocycles. The first-order valence-corrected chi connectivity index (χ1v) is 11.6. The summed E-state index contributed by atoms with van der Waals surface area (Å²) in [5.74, 6) is -0.588. The summed E-state index contributed by atoms with van der Waals surface area (Å²) in [7, 11) is 0. The van der Waals surface area contributed by atoms with Crippen molar-refractivity contribution in [3.63, 3.8) is 0 Å². The molecule has 0 bridgehead atoms. The number of carbonyl (C=O) groups is 2. The third-order valence-electron chi connectivity index (χ3n) is 5.67. The maximum absolute atomic E-state index is 11.4. The highest BCUT2D eigenvalue weighted by Crippen LogP contribution is 2.39. The zero-order chi connectivity index (χ0) is 22.1. The first-order valence-electron chi connectivity index (χ1n) is 10.6. The molecule has 2 aromatic rings. The zero-order valence-corrected chi connectivity index (χ0v) is 19.5. The Labute approximate surface area is 199 Å². The highest BCUT2D eigenvalue weighted by atomic mass is 35.5. The molecular weight excluding hydrogens is 450 g/mol. The van der Waals surface area contributed by atoms with Crippen LogP contribution in [0, 0.1) is 5.41 Å². The Morgan fingerprint density at radius 2 is 1.72 bits per heavy atom. The van der Waals surface area contributed by atoms with Crippen LogP contribution in [0.1, 0.15) is 37.7 Å². The molecule has 0 radical (unpaired) electrons. The average molecular weight is 480 g/mol. The lowest BCUT2D eigenvalue weighted by atomic mass is 9.86. The van der Waals surface area contributed by atoms with Gasteiger partial charge in [0, 0.05) is 17.5 Å². The number of unbranched alkanes of at least 4 members (excludes halogenated alkanes) is 1. The van der Waals surface area contributed by atoms with Gasteiger partial charge in [0.1, 0.15) is 5.75 Å². The number of halogens is 1. The summed E-state index contributed by atoms with van der Waals surface area (Å²) < 4.78 is 5.81. The van der Waals surface area contributed by atoms with Crippen LogP contribution in [0.3, 0.4) is 0 Å². The number of hydrogen-bond acceptors (Lipinski definition) is 5. The largest absolute Gasteiger partial charge is 0.494 e. The van der Waals surface area contributed by atoms with Gasteiger partial charge in [0.05, 0.1) is 6.61 Å². The van der Waals surface area contributed by atoms with E-state index in [1.807, 2.05) is 42.1 Å². The first kappa shape index (κ1) is 26.0. The van der Waals surface area contributed by atoms with Crippen LogP contribution in [0.4, 0.5) is 0 Å². The molecule has 0 aliphatic heterocycles. The fourth-order valence-electron chi connectivity index (χ4n) is 3.77. The molecule has 6 nitrogen and oxygen atoms in total. The smallest absolute Gasteiger partial charge is 0.321 e. The number of thioether (sulfide) groups is 1. The van der Waals surface area contributed by atoms with Crippen molar-refractivity contribution in [2.75, 3.05) is 12.4 Å². The maximum atomic E-state index is 11.4. The summed E-state index contributed by atoms with van der Waals surface area (Å²) in [6.45, 7) is 1.25. The SMILES string of the molecule is Cl.O=C(O)C1(C(=O)O)CCC(NCc2ccc(OCCCCSc3ccccc3)cc2)C1. The number of hydrogen-bond donors (Lipinski definition) is 3. The predicted molar refractivity (Wildman–Crippen MR) is 128 cm³/mol. The van der Waals surface area contributed by atoms with E-state index in [9.17, 15) is 19.8 Å². The van der Waals surface area contributed by atoms with E-state index in [1.165, 1.54) is 4.90 Å². The Morgan fingerprint density at radius 3 is 2.34 bits per heavy atom. The molecule has 32 heavy (non-hydrogen) atoms. The van der Waals surface area contributed by atoms with Crippen LogP contribution < -0.4 is 10.1 Å². The minimum atomic E-state index is -1.66. The second-order valence-electron chi connectivity index (χ2n) is 7.87. The van der Waals surface area contributed by atoms with Gasteiger partial charge in [-0.25, -0.2) is 0 Å². The lowest BCUT2D eigenvalue weighted by Crippen LogP contribution is -2.39. The van der Waals surface area contributed by atoms with Crippen molar-refractivity contribution in [2.45, 2.75) is 49.6 Å². The van der Waals surface area contributed by atoms with Gasteiger partial charge in [0.25, 0.3) is 0 Å². The quantitative estimate of drug-likeness (QED) is 0.227. The van der Waals surface area contributed by atoms with E-state index in [1.54, 1.807) is 0 Å².